The molecule has 1 saturated carbocycles. The molecule has 1 aliphatic rings. The van der Waals surface area contributed by atoms with Crippen molar-refractivity contribution >= 4 is 0 Å². The Bertz CT molecular complexity index is 132. The van der Waals surface area contributed by atoms with Crippen LogP contribution in [0.1, 0.15) is 39.5 Å². The lowest BCUT2D eigenvalue weighted by atomic mass is 10.0. The topological polar surface area (TPSA) is 12.0 Å². The fourth-order valence-electron chi connectivity index (χ4n) is 1.34. The van der Waals surface area contributed by atoms with Crippen LogP contribution in [0.25, 0.3) is 0 Å². The Morgan fingerprint density at radius 1 is 1.33 bits per heavy atom. The van der Waals surface area contributed by atoms with Crippen LogP contribution in [0.4, 0.5) is 0 Å². The average Bonchev–Trinajstić information content (AvgIpc) is 2.89. The van der Waals surface area contributed by atoms with E-state index >= 15 is 0 Å². The minimum absolute atomic E-state index is 0.797. The molecule has 0 aromatic carbocycles. The number of hydrogen-bond donors (Lipinski definition) is 1. The normalized spacial score (nSPS) is 17.9. The first-order valence-electron chi connectivity index (χ1n) is 5.26. The molecule has 0 saturated heterocycles. The van der Waals surface area contributed by atoms with E-state index in [2.05, 4.69) is 31.3 Å². The number of hydrogen-bond acceptors (Lipinski definition) is 1. The van der Waals surface area contributed by atoms with Crippen LogP contribution in [0.15, 0.2) is 12.2 Å². The molecule has 0 radical (unpaired) electrons. The minimum Gasteiger partial charge on any atom is -0.311 e. The molecule has 70 valence electrons. The summed E-state index contributed by atoms with van der Waals surface area (Å²) in [5, 5.41) is 3.47. The standard InChI is InChI=1S/C11H21N/c1-3-10(4-2)6-5-9-12-11-7-8-11/h5-6,10-12H,3-4,7-9H2,1-2H3. The SMILES string of the molecule is CCC(C=CCNC1CC1)CC. The zero-order chi connectivity index (χ0) is 8.81. The van der Waals surface area contributed by atoms with E-state index in [4.69, 9.17) is 0 Å². The Hall–Kier alpha value is -0.300. The van der Waals surface area contributed by atoms with Crippen LogP contribution >= 0.6 is 0 Å². The zero-order valence-electron chi connectivity index (χ0n) is 8.34. The third kappa shape index (κ3) is 3.91. The van der Waals surface area contributed by atoms with Gasteiger partial charge in [0.15, 0.2) is 0 Å². The van der Waals surface area contributed by atoms with Gasteiger partial charge in [0.1, 0.15) is 0 Å². The molecular formula is C11H21N. The Morgan fingerprint density at radius 2 is 2.00 bits per heavy atom. The quantitative estimate of drug-likeness (QED) is 0.600. The van der Waals surface area contributed by atoms with Crippen LogP contribution < -0.4 is 5.32 Å². The summed E-state index contributed by atoms with van der Waals surface area (Å²) in [4.78, 5) is 0. The highest BCUT2D eigenvalue weighted by atomic mass is 14.9. The summed E-state index contributed by atoms with van der Waals surface area (Å²) in [6, 6.07) is 0.844. The highest BCUT2D eigenvalue weighted by molar-refractivity contribution is 4.91. The first-order chi connectivity index (χ1) is 5.86. The monoisotopic (exact) mass is 167 g/mol. The lowest BCUT2D eigenvalue weighted by molar-refractivity contribution is 0.603. The predicted octanol–water partition coefficient (Wildman–Crippen LogP) is 2.73. The van der Waals surface area contributed by atoms with E-state index in [1.165, 1.54) is 25.7 Å². The van der Waals surface area contributed by atoms with Crippen molar-refractivity contribution < 1.29 is 0 Å². The highest BCUT2D eigenvalue weighted by Crippen LogP contribution is 2.18. The van der Waals surface area contributed by atoms with E-state index in [9.17, 15) is 0 Å². The first-order valence-corrected chi connectivity index (χ1v) is 5.26. The minimum atomic E-state index is 0.797. The van der Waals surface area contributed by atoms with Gasteiger partial charge in [-0.1, -0.05) is 26.0 Å². The summed E-state index contributed by atoms with van der Waals surface area (Å²) in [5.41, 5.74) is 0. The molecule has 0 amide bonds. The molecule has 1 rings (SSSR count). The third-order valence-electron chi connectivity index (χ3n) is 2.56. The molecule has 0 aliphatic heterocycles. The van der Waals surface area contributed by atoms with Gasteiger partial charge in [0.25, 0.3) is 0 Å². The second-order valence-corrected chi connectivity index (χ2v) is 3.69. The lowest BCUT2D eigenvalue weighted by Gasteiger charge is -2.04. The summed E-state index contributed by atoms with van der Waals surface area (Å²) < 4.78 is 0. The van der Waals surface area contributed by atoms with Crippen LogP contribution in [0, 0.1) is 5.92 Å². The van der Waals surface area contributed by atoms with Gasteiger partial charge in [-0.3, -0.25) is 0 Å². The van der Waals surface area contributed by atoms with Gasteiger partial charge in [-0.2, -0.15) is 0 Å². The van der Waals surface area contributed by atoms with Crippen molar-refractivity contribution in [1.29, 1.82) is 0 Å². The van der Waals surface area contributed by atoms with Gasteiger partial charge in [-0.15, -0.1) is 0 Å². The number of nitrogens with one attached hydrogen (secondary N) is 1. The second kappa shape index (κ2) is 5.36. The maximum atomic E-state index is 3.47. The first kappa shape index (κ1) is 9.79. The molecule has 1 heteroatoms. The predicted molar refractivity (Wildman–Crippen MR) is 54.2 cm³/mol. The molecule has 0 bridgehead atoms. The van der Waals surface area contributed by atoms with Gasteiger partial charge in [0.2, 0.25) is 0 Å². The summed E-state index contributed by atoms with van der Waals surface area (Å²) in [6.07, 6.45) is 9.97. The second-order valence-electron chi connectivity index (χ2n) is 3.69. The van der Waals surface area contributed by atoms with Gasteiger partial charge in [-0.05, 0) is 31.6 Å². The zero-order valence-corrected chi connectivity index (χ0v) is 8.34. The fraction of sp³-hybridized carbons (Fsp3) is 0.818. The van der Waals surface area contributed by atoms with E-state index < -0.39 is 0 Å². The van der Waals surface area contributed by atoms with Crippen molar-refractivity contribution in [2.75, 3.05) is 6.54 Å². The van der Waals surface area contributed by atoms with Crippen molar-refractivity contribution in [2.24, 2.45) is 5.92 Å². The Kier molecular flexibility index (Phi) is 4.37. The van der Waals surface area contributed by atoms with Crippen molar-refractivity contribution in [3.63, 3.8) is 0 Å². The van der Waals surface area contributed by atoms with Crippen LogP contribution in [0.3, 0.4) is 0 Å². The van der Waals surface area contributed by atoms with Crippen molar-refractivity contribution in [3.05, 3.63) is 12.2 Å². The van der Waals surface area contributed by atoms with Crippen LogP contribution in [-0.4, -0.2) is 12.6 Å². The molecular weight excluding hydrogens is 146 g/mol. The Labute approximate surface area is 76.2 Å². The van der Waals surface area contributed by atoms with E-state index in [-0.39, 0.29) is 0 Å². The van der Waals surface area contributed by atoms with Crippen LogP contribution in [0.5, 0.6) is 0 Å². The molecule has 0 heterocycles. The fourth-order valence-corrected chi connectivity index (χ4v) is 1.34. The van der Waals surface area contributed by atoms with Crippen molar-refractivity contribution in [2.45, 2.75) is 45.6 Å². The van der Waals surface area contributed by atoms with Crippen LogP contribution in [0.2, 0.25) is 0 Å². The lowest BCUT2D eigenvalue weighted by Crippen LogP contribution is -2.15. The molecule has 1 N–H and O–H groups in total. The molecule has 0 atom stereocenters. The van der Waals surface area contributed by atoms with Gasteiger partial charge < -0.3 is 5.32 Å². The molecule has 1 aliphatic carbocycles. The number of rotatable bonds is 6. The summed E-state index contributed by atoms with van der Waals surface area (Å²) in [7, 11) is 0. The largest absolute Gasteiger partial charge is 0.311 e. The Balaban J connectivity index is 2.01. The molecule has 0 unspecified atom stereocenters. The van der Waals surface area contributed by atoms with Crippen molar-refractivity contribution in [1.82, 2.24) is 5.32 Å². The average molecular weight is 167 g/mol. The van der Waals surface area contributed by atoms with E-state index in [0.717, 1.165) is 18.5 Å². The van der Waals surface area contributed by atoms with Gasteiger partial charge in [0.05, 0.1) is 0 Å². The molecule has 1 fully saturated rings. The summed E-state index contributed by atoms with van der Waals surface area (Å²) in [5.74, 6) is 0.797. The third-order valence-corrected chi connectivity index (χ3v) is 2.56. The van der Waals surface area contributed by atoms with E-state index in [0.29, 0.717) is 0 Å². The molecule has 0 aromatic heterocycles. The molecule has 0 aromatic rings. The Morgan fingerprint density at radius 3 is 2.50 bits per heavy atom. The van der Waals surface area contributed by atoms with Gasteiger partial charge in [-0.25, -0.2) is 0 Å². The maximum Gasteiger partial charge on any atom is 0.0137 e. The van der Waals surface area contributed by atoms with Crippen molar-refractivity contribution in [3.8, 4) is 0 Å². The van der Waals surface area contributed by atoms with Crippen LogP contribution in [-0.2, 0) is 0 Å². The molecule has 0 spiro atoms. The molecule has 12 heavy (non-hydrogen) atoms. The summed E-state index contributed by atoms with van der Waals surface area (Å²) in [6.45, 7) is 5.58. The van der Waals surface area contributed by atoms with Gasteiger partial charge in [0, 0.05) is 12.6 Å². The summed E-state index contributed by atoms with van der Waals surface area (Å²) >= 11 is 0. The van der Waals surface area contributed by atoms with Gasteiger partial charge >= 0.3 is 0 Å². The maximum absolute atomic E-state index is 3.47. The molecule has 1 nitrogen and oxygen atoms in total. The van der Waals surface area contributed by atoms with E-state index in [1.54, 1.807) is 0 Å². The number of allylic oxidation sites excluding steroid dienone is 1. The van der Waals surface area contributed by atoms with E-state index in [1.807, 2.05) is 0 Å². The highest BCUT2D eigenvalue weighted by Gasteiger charge is 2.18. The smallest absolute Gasteiger partial charge is 0.0137 e.